The molecule has 2 aromatic heterocycles. The van der Waals surface area contributed by atoms with Gasteiger partial charge >= 0.3 is 0 Å². The van der Waals surface area contributed by atoms with E-state index in [-0.39, 0.29) is 0 Å². The molecular weight excluding hydrogens is 354 g/mol. The van der Waals surface area contributed by atoms with Gasteiger partial charge < -0.3 is 15.5 Å². The first-order valence-corrected chi connectivity index (χ1v) is 10.7. The number of anilines is 1. The Morgan fingerprint density at radius 2 is 2.04 bits per heavy atom. The van der Waals surface area contributed by atoms with Crippen LogP contribution in [-0.2, 0) is 13.1 Å². The van der Waals surface area contributed by atoms with Gasteiger partial charge in [-0.3, -0.25) is 0 Å². The van der Waals surface area contributed by atoms with Gasteiger partial charge in [-0.15, -0.1) is 11.3 Å². The van der Waals surface area contributed by atoms with Crippen molar-refractivity contribution in [2.75, 3.05) is 24.5 Å². The van der Waals surface area contributed by atoms with Crippen molar-refractivity contribution < 1.29 is 0 Å². The summed E-state index contributed by atoms with van der Waals surface area (Å²) in [5.41, 5.74) is 1.13. The predicted octanol–water partition coefficient (Wildman–Crippen LogP) is 3.94. The lowest BCUT2D eigenvalue weighted by molar-refractivity contribution is 0.436. The summed E-state index contributed by atoms with van der Waals surface area (Å²) in [6.45, 7) is 11.1. The van der Waals surface area contributed by atoms with Crippen LogP contribution in [0.25, 0.3) is 0 Å². The normalized spacial score (nSPS) is 15.8. The molecule has 3 rings (SSSR count). The molecule has 1 saturated heterocycles. The lowest BCUT2D eigenvalue weighted by Gasteiger charge is -2.31. The summed E-state index contributed by atoms with van der Waals surface area (Å²) in [5.74, 6) is 2.77. The van der Waals surface area contributed by atoms with Crippen LogP contribution in [0.15, 0.2) is 35.5 Å². The van der Waals surface area contributed by atoms with E-state index < -0.39 is 0 Å². The minimum atomic E-state index is 0.628. The van der Waals surface area contributed by atoms with Crippen LogP contribution in [0.3, 0.4) is 0 Å². The SMILES string of the molecule is CCNC(=NCc1ccc(N2CCC(C)CC2)nc1)NCc1ccc(C)s1. The maximum atomic E-state index is 4.70. The number of nitrogens with one attached hydrogen (secondary N) is 2. The lowest BCUT2D eigenvalue weighted by atomic mass is 9.99. The van der Waals surface area contributed by atoms with Crippen LogP contribution >= 0.6 is 11.3 Å². The van der Waals surface area contributed by atoms with Gasteiger partial charge in [-0.25, -0.2) is 9.98 Å². The molecule has 0 atom stereocenters. The number of aryl methyl sites for hydroxylation is 1. The average Bonchev–Trinajstić information content (AvgIpc) is 3.10. The molecule has 1 aliphatic rings. The quantitative estimate of drug-likeness (QED) is 0.584. The maximum Gasteiger partial charge on any atom is 0.191 e. The van der Waals surface area contributed by atoms with E-state index in [1.165, 1.54) is 22.6 Å². The summed E-state index contributed by atoms with van der Waals surface area (Å²) >= 11 is 1.82. The molecule has 0 radical (unpaired) electrons. The molecule has 0 aliphatic carbocycles. The zero-order chi connectivity index (χ0) is 19.1. The molecule has 0 unspecified atom stereocenters. The Bertz CT molecular complexity index is 729. The maximum absolute atomic E-state index is 4.70. The number of thiophene rings is 1. The highest BCUT2D eigenvalue weighted by Gasteiger charge is 2.16. The number of piperidine rings is 1. The molecule has 1 aliphatic heterocycles. The second-order valence-electron chi connectivity index (χ2n) is 7.26. The van der Waals surface area contributed by atoms with Crippen LogP contribution < -0.4 is 15.5 Å². The third-order valence-corrected chi connectivity index (χ3v) is 5.91. The van der Waals surface area contributed by atoms with Gasteiger partial charge in [-0.2, -0.15) is 0 Å². The smallest absolute Gasteiger partial charge is 0.191 e. The zero-order valence-electron chi connectivity index (χ0n) is 16.7. The van der Waals surface area contributed by atoms with Crippen LogP contribution in [0.2, 0.25) is 0 Å². The second kappa shape index (κ2) is 9.74. The van der Waals surface area contributed by atoms with Crippen LogP contribution in [0.4, 0.5) is 5.82 Å². The minimum Gasteiger partial charge on any atom is -0.357 e. The molecule has 1 fully saturated rings. The Hall–Kier alpha value is -2.08. The summed E-state index contributed by atoms with van der Waals surface area (Å²) in [5, 5.41) is 6.72. The Morgan fingerprint density at radius 3 is 2.67 bits per heavy atom. The Kier molecular flexibility index (Phi) is 7.10. The summed E-state index contributed by atoms with van der Waals surface area (Å²) < 4.78 is 0. The summed E-state index contributed by atoms with van der Waals surface area (Å²) in [4.78, 5) is 14.4. The molecule has 0 aromatic carbocycles. The molecule has 0 saturated carbocycles. The van der Waals surface area contributed by atoms with E-state index in [1.807, 2.05) is 17.5 Å². The van der Waals surface area contributed by atoms with Gasteiger partial charge in [0.15, 0.2) is 5.96 Å². The van der Waals surface area contributed by atoms with Crippen LogP contribution in [0, 0.1) is 12.8 Å². The fourth-order valence-corrected chi connectivity index (χ4v) is 4.03. The van der Waals surface area contributed by atoms with Gasteiger partial charge in [0.05, 0.1) is 13.1 Å². The van der Waals surface area contributed by atoms with E-state index in [0.29, 0.717) is 6.54 Å². The molecule has 146 valence electrons. The zero-order valence-corrected chi connectivity index (χ0v) is 17.5. The van der Waals surface area contributed by atoms with Gasteiger partial charge in [0, 0.05) is 35.6 Å². The van der Waals surface area contributed by atoms with Crippen LogP contribution in [0.1, 0.15) is 42.0 Å². The minimum absolute atomic E-state index is 0.628. The molecule has 0 bridgehead atoms. The highest BCUT2D eigenvalue weighted by molar-refractivity contribution is 7.11. The average molecular weight is 386 g/mol. The fraction of sp³-hybridized carbons (Fsp3) is 0.524. The van der Waals surface area contributed by atoms with Crippen molar-refractivity contribution in [3.8, 4) is 0 Å². The second-order valence-corrected chi connectivity index (χ2v) is 8.63. The topological polar surface area (TPSA) is 52.6 Å². The van der Waals surface area contributed by atoms with Crippen molar-refractivity contribution in [2.24, 2.45) is 10.9 Å². The fourth-order valence-electron chi connectivity index (χ4n) is 3.20. The summed E-state index contributed by atoms with van der Waals surface area (Å²) in [7, 11) is 0. The van der Waals surface area contributed by atoms with E-state index in [9.17, 15) is 0 Å². The van der Waals surface area contributed by atoms with Gasteiger partial charge in [-0.1, -0.05) is 13.0 Å². The number of hydrogen-bond acceptors (Lipinski definition) is 4. The Balaban J connectivity index is 1.55. The highest BCUT2D eigenvalue weighted by Crippen LogP contribution is 2.21. The molecule has 2 aromatic rings. The number of pyridine rings is 1. The highest BCUT2D eigenvalue weighted by atomic mass is 32.1. The number of nitrogens with zero attached hydrogens (tertiary/aromatic N) is 3. The monoisotopic (exact) mass is 385 g/mol. The van der Waals surface area contributed by atoms with Crippen molar-refractivity contribution >= 4 is 23.1 Å². The molecule has 3 heterocycles. The number of rotatable bonds is 6. The molecule has 2 N–H and O–H groups in total. The predicted molar refractivity (Wildman–Crippen MR) is 116 cm³/mol. The standard InChI is InChI=1S/C21H31N5S/c1-4-22-21(25-15-19-7-5-17(3)27-19)24-14-18-6-8-20(23-13-18)26-11-9-16(2)10-12-26/h5-8,13,16H,4,9-12,14-15H2,1-3H3,(H2,22,24,25). The van der Waals surface area contributed by atoms with E-state index in [0.717, 1.165) is 49.4 Å². The summed E-state index contributed by atoms with van der Waals surface area (Å²) in [6.07, 6.45) is 4.48. The van der Waals surface area contributed by atoms with E-state index in [2.05, 4.69) is 65.6 Å². The molecule has 5 nitrogen and oxygen atoms in total. The number of guanidine groups is 1. The van der Waals surface area contributed by atoms with Crippen molar-refractivity contribution in [1.82, 2.24) is 15.6 Å². The van der Waals surface area contributed by atoms with E-state index >= 15 is 0 Å². The first-order chi connectivity index (χ1) is 13.1. The Morgan fingerprint density at radius 1 is 1.22 bits per heavy atom. The van der Waals surface area contributed by atoms with Crippen molar-refractivity contribution in [2.45, 2.75) is 46.7 Å². The molecule has 27 heavy (non-hydrogen) atoms. The van der Waals surface area contributed by atoms with Crippen molar-refractivity contribution in [3.05, 3.63) is 45.8 Å². The van der Waals surface area contributed by atoms with Crippen molar-refractivity contribution in [3.63, 3.8) is 0 Å². The number of aromatic nitrogens is 1. The third kappa shape index (κ3) is 5.96. The first-order valence-electron chi connectivity index (χ1n) is 9.91. The largest absolute Gasteiger partial charge is 0.357 e. The molecule has 6 heteroatoms. The van der Waals surface area contributed by atoms with E-state index in [4.69, 9.17) is 4.99 Å². The van der Waals surface area contributed by atoms with E-state index in [1.54, 1.807) is 0 Å². The molecule has 0 spiro atoms. The van der Waals surface area contributed by atoms with Crippen molar-refractivity contribution in [1.29, 1.82) is 0 Å². The van der Waals surface area contributed by atoms with Crippen LogP contribution in [0.5, 0.6) is 0 Å². The third-order valence-electron chi connectivity index (χ3n) is 4.91. The van der Waals surface area contributed by atoms with Gasteiger partial charge in [0.25, 0.3) is 0 Å². The van der Waals surface area contributed by atoms with Gasteiger partial charge in [0.2, 0.25) is 0 Å². The lowest BCUT2D eigenvalue weighted by Crippen LogP contribution is -2.36. The van der Waals surface area contributed by atoms with Crippen LogP contribution in [-0.4, -0.2) is 30.6 Å². The van der Waals surface area contributed by atoms with Gasteiger partial charge in [0.1, 0.15) is 5.82 Å². The number of aliphatic imine (C=N–C) groups is 1. The molecule has 0 amide bonds. The Labute approximate surface area is 166 Å². The summed E-state index contributed by atoms with van der Waals surface area (Å²) in [6, 6.07) is 8.61. The number of hydrogen-bond donors (Lipinski definition) is 2. The van der Waals surface area contributed by atoms with Gasteiger partial charge in [-0.05, 0) is 56.4 Å². The first kappa shape index (κ1) is 19.7. The molecular formula is C21H31N5S.